The van der Waals surface area contributed by atoms with Crippen molar-refractivity contribution in [1.29, 1.82) is 0 Å². The Hall–Kier alpha value is -2.62. The van der Waals surface area contributed by atoms with E-state index in [0.29, 0.717) is 11.3 Å². The highest BCUT2D eigenvalue weighted by atomic mass is 16.5. The van der Waals surface area contributed by atoms with Gasteiger partial charge in [0, 0.05) is 5.69 Å². The van der Waals surface area contributed by atoms with Gasteiger partial charge >= 0.3 is 5.97 Å². The van der Waals surface area contributed by atoms with E-state index in [1.54, 1.807) is 18.2 Å². The second-order valence-electron chi connectivity index (χ2n) is 5.04. The number of hydrogen-bond donors (Lipinski definition) is 1. The summed E-state index contributed by atoms with van der Waals surface area (Å²) >= 11 is 0. The molecule has 2 aromatic rings. The maximum Gasteiger partial charge on any atom is 0.338 e. The summed E-state index contributed by atoms with van der Waals surface area (Å²) < 4.78 is 5.01. The Labute approximate surface area is 130 Å². The first-order valence-corrected chi connectivity index (χ1v) is 7.21. The number of anilines is 1. The first kappa shape index (κ1) is 15.8. The van der Waals surface area contributed by atoms with Gasteiger partial charge in [0.05, 0.1) is 5.56 Å². The van der Waals surface area contributed by atoms with Gasteiger partial charge < -0.3 is 10.1 Å². The van der Waals surface area contributed by atoms with Gasteiger partial charge in [-0.1, -0.05) is 31.2 Å². The van der Waals surface area contributed by atoms with Gasteiger partial charge in [-0.2, -0.15) is 0 Å². The number of hydrogen-bond acceptors (Lipinski definition) is 3. The molecule has 2 aromatic carbocycles. The lowest BCUT2D eigenvalue weighted by molar-refractivity contribution is -0.119. The van der Waals surface area contributed by atoms with Gasteiger partial charge in [-0.3, -0.25) is 4.79 Å². The Morgan fingerprint density at radius 3 is 2.45 bits per heavy atom. The summed E-state index contributed by atoms with van der Waals surface area (Å²) in [6.07, 6.45) is 0.911. The SMILES string of the molecule is CCc1ccc(C(=O)OCC(=O)Nc2cccc(C)c2)cc1. The Kier molecular flexibility index (Phi) is 5.31. The van der Waals surface area contributed by atoms with E-state index < -0.39 is 5.97 Å². The van der Waals surface area contributed by atoms with Crippen molar-refractivity contribution in [1.82, 2.24) is 0 Å². The summed E-state index contributed by atoms with van der Waals surface area (Å²) in [4.78, 5) is 23.6. The third-order valence-electron chi connectivity index (χ3n) is 3.23. The van der Waals surface area contributed by atoms with E-state index in [4.69, 9.17) is 4.74 Å². The zero-order valence-electron chi connectivity index (χ0n) is 12.8. The minimum atomic E-state index is -0.498. The molecule has 0 saturated heterocycles. The van der Waals surface area contributed by atoms with Crippen LogP contribution in [0.15, 0.2) is 48.5 Å². The lowest BCUT2D eigenvalue weighted by Gasteiger charge is -2.07. The van der Waals surface area contributed by atoms with Gasteiger partial charge in [-0.15, -0.1) is 0 Å². The normalized spacial score (nSPS) is 10.1. The van der Waals surface area contributed by atoms with Crippen LogP contribution in [0, 0.1) is 6.92 Å². The van der Waals surface area contributed by atoms with E-state index >= 15 is 0 Å². The summed E-state index contributed by atoms with van der Waals surface area (Å²) in [7, 11) is 0. The number of esters is 1. The van der Waals surface area contributed by atoms with Crippen molar-refractivity contribution in [2.24, 2.45) is 0 Å². The molecule has 0 aromatic heterocycles. The van der Waals surface area contributed by atoms with E-state index in [0.717, 1.165) is 17.5 Å². The molecule has 0 unspecified atom stereocenters. The van der Waals surface area contributed by atoms with Crippen molar-refractivity contribution in [2.75, 3.05) is 11.9 Å². The Balaban J connectivity index is 1.86. The average molecular weight is 297 g/mol. The first-order valence-electron chi connectivity index (χ1n) is 7.21. The van der Waals surface area contributed by atoms with Crippen LogP contribution in [-0.4, -0.2) is 18.5 Å². The highest BCUT2D eigenvalue weighted by Gasteiger charge is 2.10. The molecule has 22 heavy (non-hydrogen) atoms. The highest BCUT2D eigenvalue weighted by molar-refractivity contribution is 5.95. The van der Waals surface area contributed by atoms with E-state index in [1.165, 1.54) is 0 Å². The average Bonchev–Trinajstić information content (AvgIpc) is 2.52. The number of carbonyl (C=O) groups is 2. The summed E-state index contributed by atoms with van der Waals surface area (Å²) in [6, 6.07) is 14.6. The van der Waals surface area contributed by atoms with Gasteiger partial charge in [0.25, 0.3) is 5.91 Å². The molecule has 0 heterocycles. The van der Waals surface area contributed by atoms with Crippen LogP contribution in [0.4, 0.5) is 5.69 Å². The number of amides is 1. The Morgan fingerprint density at radius 1 is 1.09 bits per heavy atom. The lowest BCUT2D eigenvalue weighted by atomic mass is 10.1. The number of rotatable bonds is 5. The van der Waals surface area contributed by atoms with Crippen molar-refractivity contribution in [2.45, 2.75) is 20.3 Å². The van der Waals surface area contributed by atoms with Crippen LogP contribution in [0.5, 0.6) is 0 Å². The molecule has 2 rings (SSSR count). The van der Waals surface area contributed by atoms with E-state index in [-0.39, 0.29) is 12.5 Å². The molecule has 4 nitrogen and oxygen atoms in total. The summed E-state index contributed by atoms with van der Waals surface area (Å²) in [5.41, 5.74) is 3.33. The van der Waals surface area contributed by atoms with Crippen molar-refractivity contribution < 1.29 is 14.3 Å². The van der Waals surface area contributed by atoms with Gasteiger partial charge in [-0.05, 0) is 48.7 Å². The Morgan fingerprint density at radius 2 is 1.82 bits per heavy atom. The molecule has 1 N–H and O–H groups in total. The van der Waals surface area contributed by atoms with Gasteiger partial charge in [0.2, 0.25) is 0 Å². The molecule has 0 spiro atoms. The second-order valence-corrected chi connectivity index (χ2v) is 5.04. The highest BCUT2D eigenvalue weighted by Crippen LogP contribution is 2.10. The largest absolute Gasteiger partial charge is 0.452 e. The summed E-state index contributed by atoms with van der Waals surface area (Å²) in [6.45, 7) is 3.68. The van der Waals surface area contributed by atoms with E-state index in [2.05, 4.69) is 5.32 Å². The van der Waals surface area contributed by atoms with Crippen molar-refractivity contribution in [3.05, 3.63) is 65.2 Å². The molecule has 114 valence electrons. The standard InChI is InChI=1S/C18H19NO3/c1-3-14-7-9-15(10-8-14)18(21)22-12-17(20)19-16-6-4-5-13(2)11-16/h4-11H,3,12H2,1-2H3,(H,19,20). The molecular weight excluding hydrogens is 278 g/mol. The molecule has 0 radical (unpaired) electrons. The lowest BCUT2D eigenvalue weighted by Crippen LogP contribution is -2.20. The third kappa shape index (κ3) is 4.45. The number of ether oxygens (including phenoxy) is 1. The quantitative estimate of drug-likeness (QED) is 0.861. The minimum absolute atomic E-state index is 0.303. The molecule has 0 bridgehead atoms. The van der Waals surface area contributed by atoms with Gasteiger partial charge in [0.1, 0.15) is 0 Å². The molecule has 0 fully saturated rings. The zero-order valence-corrected chi connectivity index (χ0v) is 12.8. The molecule has 0 aliphatic heterocycles. The smallest absolute Gasteiger partial charge is 0.338 e. The zero-order chi connectivity index (χ0) is 15.9. The van der Waals surface area contributed by atoms with Crippen LogP contribution < -0.4 is 5.32 Å². The van der Waals surface area contributed by atoms with Crippen LogP contribution in [0.25, 0.3) is 0 Å². The maximum absolute atomic E-state index is 11.9. The monoisotopic (exact) mass is 297 g/mol. The fourth-order valence-corrected chi connectivity index (χ4v) is 2.01. The third-order valence-corrected chi connectivity index (χ3v) is 3.23. The maximum atomic E-state index is 11.9. The number of aryl methyl sites for hydroxylation is 2. The van der Waals surface area contributed by atoms with E-state index in [1.807, 2.05) is 44.2 Å². The second kappa shape index (κ2) is 7.41. The van der Waals surface area contributed by atoms with Crippen molar-refractivity contribution in [3.63, 3.8) is 0 Å². The minimum Gasteiger partial charge on any atom is -0.452 e. The predicted octanol–water partition coefficient (Wildman–Crippen LogP) is 3.35. The van der Waals surface area contributed by atoms with Gasteiger partial charge in [-0.25, -0.2) is 4.79 Å². The molecule has 0 aliphatic carbocycles. The fraction of sp³-hybridized carbons (Fsp3) is 0.222. The van der Waals surface area contributed by atoms with Crippen LogP contribution in [0.2, 0.25) is 0 Å². The molecule has 0 atom stereocenters. The first-order chi connectivity index (χ1) is 10.6. The van der Waals surface area contributed by atoms with Crippen LogP contribution in [0.3, 0.4) is 0 Å². The van der Waals surface area contributed by atoms with E-state index in [9.17, 15) is 9.59 Å². The summed E-state index contributed by atoms with van der Waals surface area (Å²) in [5.74, 6) is -0.855. The van der Waals surface area contributed by atoms with Crippen LogP contribution in [-0.2, 0) is 16.0 Å². The molecule has 0 saturated carbocycles. The molecule has 0 aliphatic rings. The van der Waals surface area contributed by atoms with Crippen molar-refractivity contribution in [3.8, 4) is 0 Å². The topological polar surface area (TPSA) is 55.4 Å². The van der Waals surface area contributed by atoms with Crippen molar-refractivity contribution >= 4 is 17.6 Å². The number of carbonyl (C=O) groups excluding carboxylic acids is 2. The number of nitrogens with one attached hydrogen (secondary N) is 1. The number of benzene rings is 2. The predicted molar refractivity (Wildman–Crippen MR) is 85.9 cm³/mol. The molecule has 1 amide bonds. The Bertz CT molecular complexity index is 662. The van der Waals surface area contributed by atoms with Crippen LogP contribution >= 0.6 is 0 Å². The summed E-state index contributed by atoms with van der Waals surface area (Å²) in [5, 5.41) is 2.69. The molecule has 4 heteroatoms. The fourth-order valence-electron chi connectivity index (χ4n) is 2.01. The van der Waals surface area contributed by atoms with Gasteiger partial charge in [0.15, 0.2) is 6.61 Å². The van der Waals surface area contributed by atoms with Crippen LogP contribution in [0.1, 0.15) is 28.4 Å². The molecular formula is C18H19NO3.